The zero-order valence-electron chi connectivity index (χ0n) is 18.0. The predicted molar refractivity (Wildman–Crippen MR) is 127 cm³/mol. The first-order valence-electron chi connectivity index (χ1n) is 10.7. The highest BCUT2D eigenvalue weighted by atomic mass is 32.2. The molecule has 2 nitrogen and oxygen atoms in total. The fraction of sp³-hybridized carbons (Fsp3) is 0.308. The fourth-order valence-corrected chi connectivity index (χ4v) is 14.0. The third-order valence-electron chi connectivity index (χ3n) is 6.75. The number of sulfone groups is 1. The third-order valence-corrected chi connectivity index (χ3v) is 14.9. The van der Waals surface area contributed by atoms with Gasteiger partial charge in [-0.3, -0.25) is 0 Å². The maximum atomic E-state index is 14.2. The lowest BCUT2D eigenvalue weighted by molar-refractivity contribution is 0.583. The largest absolute Gasteiger partial charge is 0.223 e. The lowest BCUT2D eigenvalue weighted by Crippen LogP contribution is -2.50. The Balaban J connectivity index is 1.82. The fourth-order valence-electron chi connectivity index (χ4n) is 5.54. The average molecular weight is 435 g/mol. The summed E-state index contributed by atoms with van der Waals surface area (Å²) in [4.78, 5) is 0.473. The molecule has 0 aromatic heterocycles. The molecule has 2 atom stereocenters. The minimum absolute atomic E-state index is 0.136. The van der Waals surface area contributed by atoms with Crippen LogP contribution in [0.3, 0.4) is 0 Å². The lowest BCUT2D eigenvalue weighted by atomic mass is 10.0. The molecule has 4 heteroatoms. The molecule has 156 valence electrons. The Bertz CT molecular complexity index is 1040. The summed E-state index contributed by atoms with van der Waals surface area (Å²) in [5.74, 6) is 0.272. The summed E-state index contributed by atoms with van der Waals surface area (Å²) < 4.78 is 27.7. The van der Waals surface area contributed by atoms with E-state index in [1.807, 2.05) is 54.6 Å². The highest BCUT2D eigenvalue weighted by molar-refractivity contribution is 7.95. The van der Waals surface area contributed by atoms with E-state index in [1.165, 1.54) is 11.1 Å². The van der Waals surface area contributed by atoms with E-state index in [4.69, 9.17) is 0 Å². The molecule has 0 saturated heterocycles. The van der Waals surface area contributed by atoms with Gasteiger partial charge in [0.05, 0.1) is 17.3 Å². The maximum Gasteiger partial charge on any atom is 0.181 e. The van der Waals surface area contributed by atoms with Gasteiger partial charge < -0.3 is 0 Å². The van der Waals surface area contributed by atoms with Crippen molar-refractivity contribution in [3.8, 4) is 0 Å². The van der Waals surface area contributed by atoms with Crippen molar-refractivity contribution in [1.82, 2.24) is 0 Å². The van der Waals surface area contributed by atoms with Crippen LogP contribution in [-0.4, -0.2) is 20.9 Å². The van der Waals surface area contributed by atoms with E-state index in [0.29, 0.717) is 4.90 Å². The molecule has 0 heterocycles. The van der Waals surface area contributed by atoms with E-state index in [0.717, 1.165) is 12.8 Å². The van der Waals surface area contributed by atoms with Gasteiger partial charge in [0.25, 0.3) is 0 Å². The van der Waals surface area contributed by atoms with Crippen molar-refractivity contribution < 1.29 is 8.42 Å². The van der Waals surface area contributed by atoms with Gasteiger partial charge in [0, 0.05) is 0 Å². The Kier molecular flexibility index (Phi) is 5.50. The summed E-state index contributed by atoms with van der Waals surface area (Å²) in [6, 6.07) is 29.8. The highest BCUT2D eigenvalue weighted by Gasteiger charge is 2.76. The quantitative estimate of drug-likeness (QED) is 0.440. The van der Waals surface area contributed by atoms with Gasteiger partial charge in [0.2, 0.25) is 0 Å². The molecular weight excluding hydrogens is 404 g/mol. The Labute approximate surface area is 181 Å². The van der Waals surface area contributed by atoms with Crippen molar-refractivity contribution in [3.63, 3.8) is 0 Å². The van der Waals surface area contributed by atoms with E-state index in [9.17, 15) is 8.42 Å². The number of hydrogen-bond acceptors (Lipinski definition) is 2. The van der Waals surface area contributed by atoms with E-state index >= 15 is 0 Å². The maximum absolute atomic E-state index is 14.2. The zero-order chi connectivity index (χ0) is 21.4. The molecule has 0 unspecified atom stereocenters. The minimum atomic E-state index is -3.46. The lowest BCUT2D eigenvalue weighted by Gasteiger charge is -2.32. The predicted octanol–water partition coefficient (Wildman–Crippen LogP) is 5.81. The molecule has 1 aliphatic carbocycles. The van der Waals surface area contributed by atoms with Crippen molar-refractivity contribution in [1.29, 1.82) is 0 Å². The topological polar surface area (TPSA) is 34.1 Å². The van der Waals surface area contributed by atoms with Gasteiger partial charge in [-0.05, 0) is 47.9 Å². The summed E-state index contributed by atoms with van der Waals surface area (Å²) >= 11 is 0. The average Bonchev–Trinajstić information content (AvgIpc) is 3.38. The second kappa shape index (κ2) is 7.82. The van der Waals surface area contributed by atoms with Gasteiger partial charge in [0.15, 0.2) is 9.84 Å². The van der Waals surface area contributed by atoms with Crippen molar-refractivity contribution >= 4 is 17.9 Å². The van der Waals surface area contributed by atoms with Gasteiger partial charge in [-0.25, -0.2) is 8.42 Å². The minimum Gasteiger partial charge on any atom is -0.223 e. The summed E-state index contributed by atoms with van der Waals surface area (Å²) in [5.41, 5.74) is 2.45. The Morgan fingerprint density at radius 3 is 1.40 bits per heavy atom. The van der Waals surface area contributed by atoms with Crippen LogP contribution in [0.4, 0.5) is 0 Å². The van der Waals surface area contributed by atoms with Gasteiger partial charge in [-0.1, -0.05) is 98.5 Å². The SMILES string of the molecule is C[Si](C)(C)C1(S(=O)(=O)c2ccccc2)[C@@H](Cc2ccccc2)[C@@H]1Cc1ccccc1. The van der Waals surface area contributed by atoms with Gasteiger partial charge in [-0.2, -0.15) is 0 Å². The van der Waals surface area contributed by atoms with Crippen LogP contribution in [0.5, 0.6) is 0 Å². The van der Waals surface area contributed by atoms with Crippen LogP contribution < -0.4 is 0 Å². The first kappa shape index (κ1) is 21.1. The molecule has 3 aromatic rings. The molecule has 0 N–H and O–H groups in total. The molecule has 1 fully saturated rings. The van der Waals surface area contributed by atoms with Gasteiger partial charge in [-0.15, -0.1) is 0 Å². The van der Waals surface area contributed by atoms with Crippen LogP contribution in [0.2, 0.25) is 19.6 Å². The third kappa shape index (κ3) is 3.46. The second-order valence-corrected chi connectivity index (χ2v) is 17.3. The molecule has 0 bridgehead atoms. The molecule has 3 aromatic carbocycles. The monoisotopic (exact) mass is 434 g/mol. The Hall–Kier alpha value is -2.17. The number of benzene rings is 3. The molecule has 1 saturated carbocycles. The Morgan fingerprint density at radius 2 is 1.03 bits per heavy atom. The van der Waals surface area contributed by atoms with E-state index < -0.39 is 22.3 Å². The first-order chi connectivity index (χ1) is 14.3. The van der Waals surface area contributed by atoms with Gasteiger partial charge >= 0.3 is 0 Å². The van der Waals surface area contributed by atoms with E-state index in [1.54, 1.807) is 12.1 Å². The normalized spacial score (nSPS) is 23.8. The summed E-state index contributed by atoms with van der Waals surface area (Å²) in [5, 5.41) is 0. The van der Waals surface area contributed by atoms with Gasteiger partial charge in [0.1, 0.15) is 0 Å². The summed E-state index contributed by atoms with van der Waals surface area (Å²) in [6.45, 7) is 6.70. The van der Waals surface area contributed by atoms with Crippen LogP contribution in [0.15, 0.2) is 95.9 Å². The zero-order valence-corrected chi connectivity index (χ0v) is 19.8. The molecule has 0 aliphatic heterocycles. The van der Waals surface area contributed by atoms with Crippen molar-refractivity contribution in [2.45, 2.75) is 41.7 Å². The number of hydrogen-bond donors (Lipinski definition) is 0. The van der Waals surface area contributed by atoms with E-state index in [-0.39, 0.29) is 11.8 Å². The summed E-state index contributed by atoms with van der Waals surface area (Å²) in [6.07, 6.45) is 1.63. The van der Waals surface area contributed by atoms with Crippen LogP contribution in [0, 0.1) is 11.8 Å². The van der Waals surface area contributed by atoms with Crippen LogP contribution in [0.1, 0.15) is 11.1 Å². The number of rotatable bonds is 7. The summed E-state index contributed by atoms with van der Waals surface area (Å²) in [7, 11) is -5.58. The van der Waals surface area contributed by atoms with Crippen LogP contribution in [0.25, 0.3) is 0 Å². The van der Waals surface area contributed by atoms with Crippen molar-refractivity contribution in [2.75, 3.05) is 0 Å². The molecule has 0 spiro atoms. The molecule has 30 heavy (non-hydrogen) atoms. The highest BCUT2D eigenvalue weighted by Crippen LogP contribution is 2.65. The molecule has 1 aliphatic rings. The molecular formula is C26H30O2SSi. The smallest absolute Gasteiger partial charge is 0.181 e. The van der Waals surface area contributed by atoms with Crippen LogP contribution in [-0.2, 0) is 22.7 Å². The second-order valence-electron chi connectivity index (χ2n) is 9.45. The van der Waals surface area contributed by atoms with E-state index in [2.05, 4.69) is 43.9 Å². The molecule has 4 rings (SSSR count). The van der Waals surface area contributed by atoms with Crippen molar-refractivity contribution in [3.05, 3.63) is 102 Å². The molecule has 0 radical (unpaired) electrons. The van der Waals surface area contributed by atoms with Crippen molar-refractivity contribution in [2.24, 2.45) is 11.8 Å². The molecule has 0 amide bonds. The Morgan fingerprint density at radius 1 is 0.667 bits per heavy atom. The standard InChI is InChI=1S/C26H30O2SSi/c1-30(2,3)26(29(27,28)23-17-11-6-12-18-23)24(19-21-13-7-4-8-14-21)25(26)20-22-15-9-5-10-16-22/h4-18,24-25H,19-20H2,1-3H3/t24-,25-/m0/s1. The first-order valence-corrected chi connectivity index (χ1v) is 15.6. The van der Waals surface area contributed by atoms with Crippen LogP contribution >= 0.6 is 0 Å².